The monoisotopic (exact) mass is 236 g/mol. The van der Waals surface area contributed by atoms with Crippen LogP contribution in [0.5, 0.6) is 0 Å². The van der Waals surface area contributed by atoms with Crippen molar-refractivity contribution in [3.05, 3.63) is 0 Å². The largest absolute Gasteiger partial charge is 0.378 e. The normalized spacial score (nSPS) is 32.4. The maximum absolute atomic E-state index is 8.92. The van der Waals surface area contributed by atoms with E-state index in [1.807, 2.05) is 13.8 Å². The third-order valence-electron chi connectivity index (χ3n) is 4.03. The molecular weight excluding hydrogens is 212 g/mol. The van der Waals surface area contributed by atoms with Gasteiger partial charge in [-0.15, -0.1) is 0 Å². The van der Waals surface area contributed by atoms with Crippen molar-refractivity contribution in [2.75, 3.05) is 6.61 Å². The standard InChI is InChI=1S/C14H24N2O/c1-14(2,10-15)6-3-7-17-13-8-11-4-5-12(9-13)16-11/h11-13,16H,3-9H2,1-2H3. The summed E-state index contributed by atoms with van der Waals surface area (Å²) in [6.45, 7) is 4.81. The Morgan fingerprint density at radius 1 is 1.29 bits per heavy atom. The van der Waals surface area contributed by atoms with Crippen molar-refractivity contribution in [1.29, 1.82) is 5.26 Å². The fourth-order valence-electron chi connectivity index (χ4n) is 2.96. The quantitative estimate of drug-likeness (QED) is 0.746. The maximum Gasteiger partial charge on any atom is 0.0683 e. The number of nitriles is 1. The molecule has 0 aromatic heterocycles. The lowest BCUT2D eigenvalue weighted by Gasteiger charge is -2.29. The fourth-order valence-corrected chi connectivity index (χ4v) is 2.96. The van der Waals surface area contributed by atoms with Crippen molar-refractivity contribution in [2.24, 2.45) is 5.41 Å². The predicted octanol–water partition coefficient (Wildman–Crippen LogP) is 2.62. The molecule has 2 atom stereocenters. The summed E-state index contributed by atoms with van der Waals surface area (Å²) in [7, 11) is 0. The third-order valence-corrected chi connectivity index (χ3v) is 4.03. The van der Waals surface area contributed by atoms with Crippen molar-refractivity contribution < 1.29 is 4.74 Å². The highest BCUT2D eigenvalue weighted by atomic mass is 16.5. The second-order valence-corrected chi connectivity index (χ2v) is 6.20. The maximum atomic E-state index is 8.92. The summed E-state index contributed by atoms with van der Waals surface area (Å²) in [4.78, 5) is 0. The molecule has 96 valence electrons. The van der Waals surface area contributed by atoms with Crippen LogP contribution in [0.25, 0.3) is 0 Å². The van der Waals surface area contributed by atoms with E-state index in [-0.39, 0.29) is 5.41 Å². The average Bonchev–Trinajstić information content (AvgIpc) is 2.64. The number of fused-ring (bicyclic) bond motifs is 2. The lowest BCUT2D eigenvalue weighted by Crippen LogP contribution is -2.41. The SMILES string of the molecule is CC(C)(C#N)CCCOC1CC2CCC(C1)N2. The third kappa shape index (κ3) is 3.69. The molecule has 17 heavy (non-hydrogen) atoms. The number of rotatable bonds is 5. The highest BCUT2D eigenvalue weighted by molar-refractivity contribution is 4.93. The Morgan fingerprint density at radius 2 is 1.94 bits per heavy atom. The Labute approximate surface area is 105 Å². The first-order valence-electron chi connectivity index (χ1n) is 6.88. The molecule has 2 fully saturated rings. The second-order valence-electron chi connectivity index (χ2n) is 6.20. The topological polar surface area (TPSA) is 45.0 Å². The molecular formula is C14H24N2O. The van der Waals surface area contributed by atoms with Gasteiger partial charge in [-0.3, -0.25) is 0 Å². The van der Waals surface area contributed by atoms with Crippen LogP contribution in [0.1, 0.15) is 52.4 Å². The Kier molecular flexibility index (Phi) is 4.06. The molecule has 3 nitrogen and oxygen atoms in total. The van der Waals surface area contributed by atoms with Crippen LogP contribution in [0.2, 0.25) is 0 Å². The van der Waals surface area contributed by atoms with Gasteiger partial charge in [-0.25, -0.2) is 0 Å². The summed E-state index contributed by atoms with van der Waals surface area (Å²) in [5.74, 6) is 0. The molecule has 2 aliphatic heterocycles. The smallest absolute Gasteiger partial charge is 0.0683 e. The van der Waals surface area contributed by atoms with E-state index in [9.17, 15) is 0 Å². The molecule has 2 heterocycles. The van der Waals surface area contributed by atoms with Gasteiger partial charge in [-0.2, -0.15) is 5.26 Å². The molecule has 2 rings (SSSR count). The molecule has 0 aromatic carbocycles. The molecule has 0 spiro atoms. The zero-order chi connectivity index (χ0) is 12.3. The van der Waals surface area contributed by atoms with Gasteiger partial charge >= 0.3 is 0 Å². The van der Waals surface area contributed by atoms with Gasteiger partial charge in [0.05, 0.1) is 17.6 Å². The van der Waals surface area contributed by atoms with E-state index in [0.717, 1.165) is 19.4 Å². The van der Waals surface area contributed by atoms with Gasteiger partial charge in [0.1, 0.15) is 0 Å². The summed E-state index contributed by atoms with van der Waals surface area (Å²) in [6, 6.07) is 3.74. The summed E-state index contributed by atoms with van der Waals surface area (Å²) < 4.78 is 5.95. The molecule has 2 aliphatic rings. The highest BCUT2D eigenvalue weighted by Crippen LogP contribution is 2.29. The van der Waals surface area contributed by atoms with Crippen molar-refractivity contribution in [3.8, 4) is 6.07 Å². The fraction of sp³-hybridized carbons (Fsp3) is 0.929. The predicted molar refractivity (Wildman–Crippen MR) is 67.5 cm³/mol. The van der Waals surface area contributed by atoms with E-state index in [1.54, 1.807) is 0 Å². The van der Waals surface area contributed by atoms with Gasteiger partial charge in [-0.1, -0.05) is 0 Å². The number of nitrogens with one attached hydrogen (secondary N) is 1. The number of hydrogen-bond donors (Lipinski definition) is 1. The molecule has 0 aromatic rings. The van der Waals surface area contributed by atoms with Crippen molar-refractivity contribution in [3.63, 3.8) is 0 Å². The molecule has 0 aliphatic carbocycles. The number of piperidine rings is 1. The number of hydrogen-bond acceptors (Lipinski definition) is 3. The zero-order valence-corrected chi connectivity index (χ0v) is 11.0. The Morgan fingerprint density at radius 3 is 2.53 bits per heavy atom. The van der Waals surface area contributed by atoms with Gasteiger partial charge in [-0.05, 0) is 52.4 Å². The minimum atomic E-state index is -0.198. The minimum absolute atomic E-state index is 0.198. The van der Waals surface area contributed by atoms with Crippen molar-refractivity contribution in [1.82, 2.24) is 5.32 Å². The average molecular weight is 236 g/mol. The van der Waals surface area contributed by atoms with Gasteiger partial charge in [0.25, 0.3) is 0 Å². The summed E-state index contributed by atoms with van der Waals surface area (Å²) in [5.41, 5.74) is -0.198. The Bertz CT molecular complexity index is 283. The van der Waals surface area contributed by atoms with Crippen LogP contribution < -0.4 is 5.32 Å². The van der Waals surface area contributed by atoms with E-state index in [2.05, 4.69) is 11.4 Å². The van der Waals surface area contributed by atoms with E-state index in [0.29, 0.717) is 18.2 Å². The first-order chi connectivity index (χ1) is 8.09. The molecule has 0 amide bonds. The van der Waals surface area contributed by atoms with Crippen LogP contribution in [-0.2, 0) is 4.74 Å². The van der Waals surface area contributed by atoms with Gasteiger partial charge in [0.2, 0.25) is 0 Å². The van der Waals surface area contributed by atoms with Crippen molar-refractivity contribution in [2.45, 2.75) is 70.6 Å². The van der Waals surface area contributed by atoms with Gasteiger partial charge in [0, 0.05) is 18.7 Å². The van der Waals surface area contributed by atoms with Crippen LogP contribution in [0.15, 0.2) is 0 Å². The van der Waals surface area contributed by atoms with E-state index < -0.39 is 0 Å². The van der Waals surface area contributed by atoms with Crippen LogP contribution in [0.3, 0.4) is 0 Å². The molecule has 2 unspecified atom stereocenters. The van der Waals surface area contributed by atoms with E-state index in [1.165, 1.54) is 25.7 Å². The summed E-state index contributed by atoms with van der Waals surface area (Å²) in [5, 5.41) is 12.5. The number of ether oxygens (including phenoxy) is 1. The van der Waals surface area contributed by atoms with Crippen LogP contribution in [-0.4, -0.2) is 24.8 Å². The molecule has 0 saturated carbocycles. The first kappa shape index (κ1) is 12.9. The Hall–Kier alpha value is -0.590. The minimum Gasteiger partial charge on any atom is -0.378 e. The van der Waals surface area contributed by atoms with E-state index in [4.69, 9.17) is 10.00 Å². The van der Waals surface area contributed by atoms with Crippen molar-refractivity contribution >= 4 is 0 Å². The van der Waals surface area contributed by atoms with Crippen LogP contribution in [0.4, 0.5) is 0 Å². The highest BCUT2D eigenvalue weighted by Gasteiger charge is 2.33. The molecule has 2 bridgehead atoms. The first-order valence-corrected chi connectivity index (χ1v) is 6.88. The molecule has 3 heteroatoms. The summed E-state index contributed by atoms with van der Waals surface area (Å²) in [6.07, 6.45) is 7.40. The van der Waals surface area contributed by atoms with E-state index >= 15 is 0 Å². The molecule has 1 N–H and O–H groups in total. The van der Waals surface area contributed by atoms with Gasteiger partial charge in [0.15, 0.2) is 0 Å². The Balaban J connectivity index is 1.62. The van der Waals surface area contributed by atoms with Crippen LogP contribution in [0, 0.1) is 16.7 Å². The molecule has 2 saturated heterocycles. The molecule has 0 radical (unpaired) electrons. The lowest BCUT2D eigenvalue weighted by molar-refractivity contribution is 0.0164. The zero-order valence-electron chi connectivity index (χ0n) is 11.0. The second kappa shape index (κ2) is 5.37. The number of nitrogens with zero attached hydrogens (tertiary/aromatic N) is 1. The van der Waals surface area contributed by atoms with Crippen LogP contribution >= 0.6 is 0 Å². The summed E-state index contributed by atoms with van der Waals surface area (Å²) >= 11 is 0. The lowest BCUT2D eigenvalue weighted by atomic mass is 9.90. The van der Waals surface area contributed by atoms with Gasteiger partial charge < -0.3 is 10.1 Å².